The highest BCUT2D eigenvalue weighted by atomic mass is 19.4. The van der Waals surface area contributed by atoms with Crippen molar-refractivity contribution < 1.29 is 22.8 Å². The Kier molecular flexibility index (Phi) is 4.36. The summed E-state index contributed by atoms with van der Waals surface area (Å²) in [4.78, 5) is 9.76. The van der Waals surface area contributed by atoms with Gasteiger partial charge in [0.1, 0.15) is 0 Å². The largest absolute Gasteiger partial charge is 0.418 e. The van der Waals surface area contributed by atoms with E-state index in [9.17, 15) is 23.3 Å². The first-order valence-electron chi connectivity index (χ1n) is 6.55. The number of benzene rings is 1. The van der Waals surface area contributed by atoms with Gasteiger partial charge in [0.25, 0.3) is 5.69 Å². The van der Waals surface area contributed by atoms with Gasteiger partial charge in [-0.25, -0.2) is 0 Å². The quantitative estimate of drug-likeness (QED) is 0.667. The second-order valence-corrected chi connectivity index (χ2v) is 4.87. The van der Waals surface area contributed by atoms with Gasteiger partial charge in [-0.3, -0.25) is 10.1 Å². The Labute approximate surface area is 119 Å². The molecule has 1 saturated carbocycles. The maximum atomic E-state index is 13.0. The zero-order valence-electron chi connectivity index (χ0n) is 11.3. The molecule has 0 atom stereocenters. The fourth-order valence-corrected chi connectivity index (χ4v) is 2.28. The molecule has 0 heterocycles. The van der Waals surface area contributed by atoms with Crippen molar-refractivity contribution in [3.63, 3.8) is 0 Å². The molecule has 5 nitrogen and oxygen atoms in total. The maximum Gasteiger partial charge on any atom is 0.418 e. The number of nitrogens with zero attached hydrogens (tertiary/aromatic N) is 1. The summed E-state index contributed by atoms with van der Waals surface area (Å²) in [5.74, 6) is 0. The molecule has 0 bridgehead atoms. The average molecular weight is 304 g/mol. The number of ether oxygens (including phenoxy) is 1. The molecule has 0 aromatic heterocycles. The smallest absolute Gasteiger partial charge is 0.382 e. The number of non-ortho nitro benzene ring substituents is 1. The Morgan fingerprint density at radius 3 is 2.62 bits per heavy atom. The lowest BCUT2D eigenvalue weighted by molar-refractivity contribution is -0.385. The summed E-state index contributed by atoms with van der Waals surface area (Å²) in [6.45, 7) is 2.43. The van der Waals surface area contributed by atoms with Crippen molar-refractivity contribution in [2.75, 3.05) is 11.9 Å². The molecule has 1 N–H and O–H groups in total. The minimum absolute atomic E-state index is 0.0693. The Hall–Kier alpha value is -1.83. The summed E-state index contributed by atoms with van der Waals surface area (Å²) < 4.78 is 44.3. The van der Waals surface area contributed by atoms with Gasteiger partial charge in [-0.1, -0.05) is 0 Å². The third kappa shape index (κ3) is 3.63. The number of hydrogen-bond donors (Lipinski definition) is 1. The van der Waals surface area contributed by atoms with Gasteiger partial charge >= 0.3 is 6.18 Å². The van der Waals surface area contributed by atoms with E-state index in [4.69, 9.17) is 4.74 Å². The van der Waals surface area contributed by atoms with Crippen molar-refractivity contribution >= 4 is 11.4 Å². The van der Waals surface area contributed by atoms with Gasteiger partial charge in [0.2, 0.25) is 0 Å². The fraction of sp³-hybridized carbons (Fsp3) is 0.538. The first-order chi connectivity index (χ1) is 9.81. The number of alkyl halides is 3. The first kappa shape index (κ1) is 15.6. The topological polar surface area (TPSA) is 64.4 Å². The SMILES string of the molecule is CCOC1CC(Nc2ccc([N+](=O)[O-])cc2C(F)(F)F)C1. The third-order valence-electron chi connectivity index (χ3n) is 3.38. The van der Waals surface area contributed by atoms with Crippen molar-refractivity contribution in [2.24, 2.45) is 0 Å². The molecule has 1 aliphatic carbocycles. The predicted molar refractivity (Wildman–Crippen MR) is 70.2 cm³/mol. The molecule has 0 aliphatic heterocycles. The van der Waals surface area contributed by atoms with Crippen LogP contribution in [0.15, 0.2) is 18.2 Å². The van der Waals surface area contributed by atoms with Crippen LogP contribution in [-0.2, 0) is 10.9 Å². The van der Waals surface area contributed by atoms with Gasteiger partial charge in [-0.15, -0.1) is 0 Å². The highest BCUT2D eigenvalue weighted by molar-refractivity contribution is 5.58. The lowest BCUT2D eigenvalue weighted by atomic mass is 9.88. The molecule has 0 saturated heterocycles. The molecule has 2 rings (SSSR count). The van der Waals surface area contributed by atoms with E-state index in [2.05, 4.69) is 5.32 Å². The van der Waals surface area contributed by atoms with Crippen LogP contribution in [0.2, 0.25) is 0 Å². The van der Waals surface area contributed by atoms with Crippen LogP contribution in [0.25, 0.3) is 0 Å². The monoisotopic (exact) mass is 304 g/mol. The number of nitrogens with one attached hydrogen (secondary N) is 1. The predicted octanol–water partition coefficient (Wildman–Crippen LogP) is 3.59. The second-order valence-electron chi connectivity index (χ2n) is 4.87. The van der Waals surface area contributed by atoms with Crippen molar-refractivity contribution in [1.82, 2.24) is 0 Å². The molecule has 0 spiro atoms. The first-order valence-corrected chi connectivity index (χ1v) is 6.55. The molecule has 0 unspecified atom stereocenters. The van der Waals surface area contributed by atoms with Crippen LogP contribution in [-0.4, -0.2) is 23.7 Å². The van der Waals surface area contributed by atoms with Crippen molar-refractivity contribution in [1.29, 1.82) is 0 Å². The van der Waals surface area contributed by atoms with Crippen LogP contribution in [0.5, 0.6) is 0 Å². The van der Waals surface area contributed by atoms with Gasteiger partial charge in [-0.05, 0) is 25.8 Å². The molecule has 1 aliphatic rings. The standard InChI is InChI=1S/C13H15F3N2O3/c1-2-21-10-5-8(6-10)17-12-4-3-9(18(19)20)7-11(12)13(14,15)16/h3-4,7-8,10,17H,2,5-6H2,1H3. The number of rotatable bonds is 5. The number of anilines is 1. The van der Waals surface area contributed by atoms with Crippen molar-refractivity contribution in [3.05, 3.63) is 33.9 Å². The fourth-order valence-electron chi connectivity index (χ4n) is 2.28. The summed E-state index contributed by atoms with van der Waals surface area (Å²) in [6.07, 6.45) is -3.32. The normalized spacial score (nSPS) is 21.7. The molecule has 21 heavy (non-hydrogen) atoms. The summed E-state index contributed by atoms with van der Waals surface area (Å²) >= 11 is 0. The molecular weight excluding hydrogens is 289 g/mol. The maximum absolute atomic E-state index is 13.0. The molecule has 8 heteroatoms. The summed E-state index contributed by atoms with van der Waals surface area (Å²) in [7, 11) is 0. The van der Waals surface area contributed by atoms with Crippen LogP contribution in [0.4, 0.5) is 24.5 Å². The summed E-state index contributed by atoms with van der Waals surface area (Å²) in [6, 6.07) is 2.62. The van der Waals surface area contributed by atoms with E-state index in [1.807, 2.05) is 6.92 Å². The van der Waals surface area contributed by atoms with Gasteiger partial charge in [-0.2, -0.15) is 13.2 Å². The molecule has 0 amide bonds. The molecule has 116 valence electrons. The van der Waals surface area contributed by atoms with Crippen LogP contribution in [0.3, 0.4) is 0 Å². The molecule has 1 aromatic carbocycles. The Balaban J connectivity index is 2.14. The molecule has 1 fully saturated rings. The number of hydrogen-bond acceptors (Lipinski definition) is 4. The lowest BCUT2D eigenvalue weighted by Crippen LogP contribution is -2.41. The van der Waals surface area contributed by atoms with Crippen LogP contribution >= 0.6 is 0 Å². The van der Waals surface area contributed by atoms with E-state index in [1.54, 1.807) is 0 Å². The Morgan fingerprint density at radius 2 is 2.10 bits per heavy atom. The number of nitro groups is 1. The van der Waals surface area contributed by atoms with Gasteiger partial charge in [0.15, 0.2) is 0 Å². The molecule has 1 aromatic rings. The van der Waals surface area contributed by atoms with E-state index >= 15 is 0 Å². The van der Waals surface area contributed by atoms with E-state index < -0.39 is 22.4 Å². The minimum atomic E-state index is -4.64. The van der Waals surface area contributed by atoms with Gasteiger partial charge in [0, 0.05) is 30.5 Å². The summed E-state index contributed by atoms with van der Waals surface area (Å²) in [5.41, 5.74) is -1.72. The van der Waals surface area contributed by atoms with Crippen LogP contribution in [0, 0.1) is 10.1 Å². The average Bonchev–Trinajstić information content (AvgIpc) is 2.35. The number of halogens is 3. The van der Waals surface area contributed by atoms with E-state index in [0.29, 0.717) is 25.5 Å². The van der Waals surface area contributed by atoms with E-state index in [-0.39, 0.29) is 17.8 Å². The van der Waals surface area contributed by atoms with E-state index in [0.717, 1.165) is 12.1 Å². The number of nitro benzene ring substituents is 1. The lowest BCUT2D eigenvalue weighted by Gasteiger charge is -2.36. The highest BCUT2D eigenvalue weighted by Crippen LogP contribution is 2.38. The zero-order valence-corrected chi connectivity index (χ0v) is 11.3. The van der Waals surface area contributed by atoms with Crippen molar-refractivity contribution in [3.8, 4) is 0 Å². The summed E-state index contributed by atoms with van der Waals surface area (Å²) in [5, 5.41) is 13.4. The minimum Gasteiger partial charge on any atom is -0.382 e. The molecule has 0 radical (unpaired) electrons. The highest BCUT2D eigenvalue weighted by Gasteiger charge is 2.37. The second kappa shape index (κ2) is 5.88. The Morgan fingerprint density at radius 1 is 1.43 bits per heavy atom. The van der Waals surface area contributed by atoms with Gasteiger partial charge < -0.3 is 10.1 Å². The van der Waals surface area contributed by atoms with Crippen molar-refractivity contribution in [2.45, 2.75) is 38.1 Å². The zero-order chi connectivity index (χ0) is 15.6. The molecular formula is C13H15F3N2O3. The van der Waals surface area contributed by atoms with Gasteiger partial charge in [0.05, 0.1) is 16.6 Å². The van der Waals surface area contributed by atoms with Crippen LogP contribution in [0.1, 0.15) is 25.3 Å². The third-order valence-corrected chi connectivity index (χ3v) is 3.38. The van der Waals surface area contributed by atoms with E-state index in [1.165, 1.54) is 0 Å². The van der Waals surface area contributed by atoms with Crippen LogP contribution < -0.4 is 5.32 Å². The Bertz CT molecular complexity index is 528.